The van der Waals surface area contributed by atoms with Crippen molar-refractivity contribution in [3.63, 3.8) is 0 Å². The Morgan fingerprint density at radius 2 is 0.607 bits per heavy atom. The molecule has 0 aromatic rings. The molecule has 0 rings (SSSR count). The monoisotopic (exact) mass is 1250 g/mol. The number of carbonyl (C=O) groups excluding carboxylic acids is 2. The lowest BCUT2D eigenvalue weighted by atomic mass is 10.0. The second kappa shape index (κ2) is 71.1. The van der Waals surface area contributed by atoms with E-state index >= 15 is 0 Å². The SMILES string of the molecule is CCCCCCC/C=C\C/C=C\CCCCCCCCCCCCCCCCCCCCCCCCCCCCCC(=O)OC(COC(=O)CCCCCCCCCCCCCCC/C=C\C/C=C\CCCCCCC)COC(OCC[N+](C)(C)C)C(=O)O. The molecule has 9 nitrogen and oxygen atoms in total. The lowest BCUT2D eigenvalue weighted by molar-refractivity contribution is -0.870. The van der Waals surface area contributed by atoms with Crippen molar-refractivity contribution in [2.75, 3.05) is 47.5 Å². The van der Waals surface area contributed by atoms with Crippen LogP contribution >= 0.6 is 0 Å². The molecule has 0 radical (unpaired) electrons. The van der Waals surface area contributed by atoms with Gasteiger partial charge < -0.3 is 28.5 Å². The van der Waals surface area contributed by atoms with E-state index in [1.54, 1.807) is 0 Å². The molecule has 0 aliphatic rings. The third-order valence-corrected chi connectivity index (χ3v) is 17.6. The molecule has 9 heteroatoms. The first-order valence-corrected chi connectivity index (χ1v) is 38.8. The van der Waals surface area contributed by atoms with Crippen LogP contribution < -0.4 is 0 Å². The van der Waals surface area contributed by atoms with Gasteiger partial charge in [0.2, 0.25) is 0 Å². The molecule has 0 aromatic carbocycles. The average molecular weight is 1250 g/mol. The van der Waals surface area contributed by atoms with Crippen molar-refractivity contribution in [2.24, 2.45) is 0 Å². The summed E-state index contributed by atoms with van der Waals surface area (Å²) in [7, 11) is 5.99. The van der Waals surface area contributed by atoms with Crippen LogP contribution in [0.1, 0.15) is 386 Å². The molecule has 0 aliphatic carbocycles. The van der Waals surface area contributed by atoms with Crippen LogP contribution in [0.15, 0.2) is 48.6 Å². The summed E-state index contributed by atoms with van der Waals surface area (Å²) in [4.78, 5) is 37.7. The largest absolute Gasteiger partial charge is 0.477 e. The fraction of sp³-hybridized carbons (Fsp3) is 0.863. The van der Waals surface area contributed by atoms with Crippen LogP contribution in [0.4, 0.5) is 0 Å². The molecule has 0 spiro atoms. The van der Waals surface area contributed by atoms with Gasteiger partial charge in [-0.25, -0.2) is 4.79 Å². The number of carbonyl (C=O) groups is 3. The van der Waals surface area contributed by atoms with Crippen LogP contribution in [0, 0.1) is 0 Å². The van der Waals surface area contributed by atoms with Gasteiger partial charge >= 0.3 is 17.9 Å². The van der Waals surface area contributed by atoms with Gasteiger partial charge in [-0.15, -0.1) is 0 Å². The van der Waals surface area contributed by atoms with E-state index < -0.39 is 18.4 Å². The van der Waals surface area contributed by atoms with Crippen molar-refractivity contribution in [3.05, 3.63) is 48.6 Å². The van der Waals surface area contributed by atoms with Gasteiger partial charge in [-0.2, -0.15) is 0 Å². The average Bonchev–Trinajstić information content (AvgIpc) is 3.64. The van der Waals surface area contributed by atoms with E-state index in [1.165, 1.54) is 308 Å². The van der Waals surface area contributed by atoms with Gasteiger partial charge in [0, 0.05) is 12.8 Å². The van der Waals surface area contributed by atoms with Gasteiger partial charge in [0.05, 0.1) is 34.4 Å². The molecule has 0 fully saturated rings. The number of carboxylic acid groups (broad SMARTS) is 1. The van der Waals surface area contributed by atoms with Gasteiger partial charge in [-0.05, 0) is 77.0 Å². The maximum atomic E-state index is 13.0. The summed E-state index contributed by atoms with van der Waals surface area (Å²) >= 11 is 0. The van der Waals surface area contributed by atoms with E-state index in [9.17, 15) is 19.5 Å². The number of quaternary nitrogens is 1. The van der Waals surface area contributed by atoms with Gasteiger partial charge in [0.15, 0.2) is 6.10 Å². The summed E-state index contributed by atoms with van der Waals surface area (Å²) in [5.74, 6) is -1.98. The Morgan fingerprint density at radius 1 is 0.337 bits per heavy atom. The zero-order valence-corrected chi connectivity index (χ0v) is 59.9. The number of nitrogens with zero attached hydrogens (tertiary/aromatic N) is 1. The summed E-state index contributed by atoms with van der Waals surface area (Å²) in [5, 5.41) is 9.76. The maximum Gasteiger partial charge on any atom is 0.361 e. The minimum Gasteiger partial charge on any atom is -0.477 e. The number of esters is 2. The number of rotatable bonds is 73. The number of carboxylic acids is 1. The number of hydrogen-bond donors (Lipinski definition) is 1. The molecule has 1 N–H and O–H groups in total. The van der Waals surface area contributed by atoms with E-state index in [0.717, 1.165) is 51.4 Å². The van der Waals surface area contributed by atoms with Crippen molar-refractivity contribution >= 4 is 17.9 Å². The second-order valence-corrected chi connectivity index (χ2v) is 27.7. The van der Waals surface area contributed by atoms with Crippen molar-refractivity contribution in [1.29, 1.82) is 0 Å². The molecule has 0 aromatic heterocycles. The molecule has 0 saturated carbocycles. The first-order valence-electron chi connectivity index (χ1n) is 38.8. The Labute approximate surface area is 553 Å². The summed E-state index contributed by atoms with van der Waals surface area (Å²) in [6, 6.07) is 0. The predicted molar refractivity (Wildman–Crippen MR) is 383 cm³/mol. The van der Waals surface area contributed by atoms with Gasteiger partial charge in [-0.3, -0.25) is 9.59 Å². The van der Waals surface area contributed by atoms with Crippen LogP contribution in [-0.4, -0.2) is 87.4 Å². The minimum atomic E-state index is -1.51. The first-order chi connectivity index (χ1) is 43.6. The third kappa shape index (κ3) is 72.5. The summed E-state index contributed by atoms with van der Waals surface area (Å²) in [6.07, 6.45) is 89.8. The fourth-order valence-corrected chi connectivity index (χ4v) is 11.6. The molecule has 0 heterocycles. The zero-order chi connectivity index (χ0) is 64.7. The number of aliphatic carboxylic acids is 1. The highest BCUT2D eigenvalue weighted by atomic mass is 16.7. The highest BCUT2D eigenvalue weighted by Gasteiger charge is 2.25. The number of allylic oxidation sites excluding steroid dienone is 8. The lowest BCUT2D eigenvalue weighted by Crippen LogP contribution is -2.40. The number of hydrogen-bond acceptors (Lipinski definition) is 7. The standard InChI is InChI=1S/C80H149NO8/c1-6-8-10-12-14-16-18-20-22-24-26-28-30-32-33-34-35-36-37-38-39-40-41-42-43-44-45-47-49-51-53-55-57-59-61-63-65-67-69-71-78(83)89-76(75-88-80(79(84)85)86-73-72-81(3,4)5)74-87-77(82)70-68-66-64-62-60-58-56-54-52-50-48-46-31-29-27-25-23-21-19-17-15-13-11-9-7-2/h18-21,24-27,76,80H,6-17,22-23,28-75H2,1-5H3/p+1/b20-18-,21-19-,26-24-,27-25-. The highest BCUT2D eigenvalue weighted by Crippen LogP contribution is 2.19. The van der Waals surface area contributed by atoms with Crippen LogP contribution in [0.5, 0.6) is 0 Å². The normalized spacial score (nSPS) is 12.9. The lowest BCUT2D eigenvalue weighted by Gasteiger charge is -2.25. The molecule has 0 bridgehead atoms. The molecule has 2 atom stereocenters. The Morgan fingerprint density at radius 3 is 0.888 bits per heavy atom. The van der Waals surface area contributed by atoms with E-state index in [4.69, 9.17) is 18.9 Å². The Kier molecular flexibility index (Phi) is 68.9. The van der Waals surface area contributed by atoms with Crippen LogP contribution in [0.25, 0.3) is 0 Å². The van der Waals surface area contributed by atoms with Crippen LogP contribution in [0.3, 0.4) is 0 Å². The fourth-order valence-electron chi connectivity index (χ4n) is 11.6. The number of likely N-dealkylation sites (N-methyl/N-ethyl adjacent to an activating group) is 1. The predicted octanol–water partition coefficient (Wildman–Crippen LogP) is 24.5. The number of unbranched alkanes of at least 4 members (excludes halogenated alkanes) is 50. The summed E-state index contributed by atoms with van der Waals surface area (Å²) in [6.45, 7) is 4.92. The second-order valence-electron chi connectivity index (χ2n) is 27.7. The van der Waals surface area contributed by atoms with E-state index in [2.05, 4.69) is 62.5 Å². The zero-order valence-electron chi connectivity index (χ0n) is 59.9. The van der Waals surface area contributed by atoms with Crippen LogP contribution in [0.2, 0.25) is 0 Å². The van der Waals surface area contributed by atoms with Crippen molar-refractivity contribution < 1.29 is 42.9 Å². The third-order valence-electron chi connectivity index (χ3n) is 17.6. The van der Waals surface area contributed by atoms with Crippen molar-refractivity contribution in [1.82, 2.24) is 0 Å². The Balaban J connectivity index is 3.97. The highest BCUT2D eigenvalue weighted by molar-refractivity contribution is 5.71. The van der Waals surface area contributed by atoms with E-state index in [-0.39, 0.29) is 38.2 Å². The molecule has 522 valence electrons. The molecular formula is C80H150NO8+. The molecular weight excluding hydrogens is 1100 g/mol. The quantitative estimate of drug-likeness (QED) is 0.0211. The van der Waals surface area contributed by atoms with Crippen molar-refractivity contribution in [2.45, 2.75) is 399 Å². The smallest absolute Gasteiger partial charge is 0.361 e. The summed E-state index contributed by atoms with van der Waals surface area (Å²) in [5.41, 5.74) is 0. The molecule has 0 saturated heterocycles. The minimum absolute atomic E-state index is 0.178. The Bertz CT molecular complexity index is 1600. The molecule has 2 unspecified atom stereocenters. The first kappa shape index (κ1) is 86.2. The van der Waals surface area contributed by atoms with Gasteiger partial charge in [-0.1, -0.05) is 345 Å². The maximum absolute atomic E-state index is 13.0. The van der Waals surface area contributed by atoms with Crippen LogP contribution in [-0.2, 0) is 33.3 Å². The van der Waals surface area contributed by atoms with Crippen molar-refractivity contribution in [3.8, 4) is 0 Å². The van der Waals surface area contributed by atoms with E-state index in [1.807, 2.05) is 21.1 Å². The van der Waals surface area contributed by atoms with Gasteiger partial charge in [0.25, 0.3) is 6.29 Å². The topological polar surface area (TPSA) is 108 Å². The Hall–Kier alpha value is -2.75. The molecule has 89 heavy (non-hydrogen) atoms. The molecule has 0 aliphatic heterocycles. The number of ether oxygens (including phenoxy) is 4. The van der Waals surface area contributed by atoms with E-state index in [0.29, 0.717) is 17.4 Å². The molecule has 0 amide bonds. The van der Waals surface area contributed by atoms with Gasteiger partial charge in [0.1, 0.15) is 13.2 Å². The summed E-state index contributed by atoms with van der Waals surface area (Å²) < 4.78 is 23.0.